The van der Waals surface area contributed by atoms with Crippen LogP contribution in [0.15, 0.2) is 18.7 Å². The molecule has 0 spiro atoms. The smallest absolute Gasteiger partial charge is 0.306 e. The van der Waals surface area contributed by atoms with Crippen LogP contribution in [-0.4, -0.2) is 44.4 Å². The summed E-state index contributed by atoms with van der Waals surface area (Å²) in [6.07, 6.45) is 9.98. The van der Waals surface area contributed by atoms with E-state index in [1.54, 1.807) is 6.20 Å². The largest absolute Gasteiger partial charge is 0.481 e. The van der Waals surface area contributed by atoms with E-state index in [9.17, 15) is 9.90 Å². The van der Waals surface area contributed by atoms with Gasteiger partial charge in [-0.3, -0.25) is 4.79 Å². The average molecular weight is 295 g/mol. The molecule has 1 aliphatic rings. The number of rotatable bonds is 8. The first-order chi connectivity index (χ1) is 10.1. The van der Waals surface area contributed by atoms with E-state index in [2.05, 4.69) is 14.9 Å². The number of unbranched alkanes of at least 4 members (excludes halogenated alkanes) is 1. The van der Waals surface area contributed by atoms with Crippen LogP contribution in [0.2, 0.25) is 0 Å². The highest BCUT2D eigenvalue weighted by atomic mass is 16.4. The van der Waals surface area contributed by atoms with Crippen molar-refractivity contribution in [2.24, 2.45) is 5.92 Å². The topological polar surface area (TPSA) is 87.4 Å². The maximum absolute atomic E-state index is 10.9. The molecular weight excluding hydrogens is 270 g/mol. The fourth-order valence-corrected chi connectivity index (χ4v) is 2.86. The molecule has 0 aliphatic heterocycles. The summed E-state index contributed by atoms with van der Waals surface area (Å²) in [7, 11) is 0. The average Bonchev–Trinajstić information content (AvgIpc) is 2.96. The number of aliphatic carboxylic acids is 1. The molecule has 6 heteroatoms. The van der Waals surface area contributed by atoms with Gasteiger partial charge in [0.25, 0.3) is 0 Å². The van der Waals surface area contributed by atoms with Gasteiger partial charge in [-0.2, -0.15) is 0 Å². The lowest BCUT2D eigenvalue weighted by atomic mass is 9.79. The molecule has 6 nitrogen and oxygen atoms in total. The summed E-state index contributed by atoms with van der Waals surface area (Å²) in [6, 6.07) is 0. The van der Waals surface area contributed by atoms with Gasteiger partial charge in [-0.05, 0) is 45.1 Å². The highest BCUT2D eigenvalue weighted by molar-refractivity contribution is 5.70. The Balaban J connectivity index is 1.55. The van der Waals surface area contributed by atoms with Gasteiger partial charge in [-0.15, -0.1) is 0 Å². The molecule has 1 heterocycles. The molecule has 0 unspecified atom stereocenters. The summed E-state index contributed by atoms with van der Waals surface area (Å²) in [5.74, 6) is -1.01. The maximum atomic E-state index is 10.9. The van der Waals surface area contributed by atoms with Crippen LogP contribution in [0.25, 0.3) is 0 Å². The molecule has 1 aliphatic carbocycles. The molecule has 0 atom stereocenters. The number of carbonyl (C=O) groups is 1. The van der Waals surface area contributed by atoms with Gasteiger partial charge < -0.3 is 20.1 Å². The van der Waals surface area contributed by atoms with Crippen LogP contribution in [0.5, 0.6) is 0 Å². The first-order valence-corrected chi connectivity index (χ1v) is 7.71. The number of hydrogen-bond acceptors (Lipinski definition) is 4. The van der Waals surface area contributed by atoms with Gasteiger partial charge >= 0.3 is 5.97 Å². The third kappa shape index (κ3) is 5.13. The van der Waals surface area contributed by atoms with E-state index in [1.165, 1.54) is 0 Å². The Hall–Kier alpha value is -1.40. The number of imidazole rings is 1. The van der Waals surface area contributed by atoms with Crippen molar-refractivity contribution in [1.29, 1.82) is 0 Å². The lowest BCUT2D eigenvalue weighted by Gasteiger charge is -2.34. The second kappa shape index (κ2) is 7.56. The lowest BCUT2D eigenvalue weighted by Crippen LogP contribution is -2.44. The number of carboxylic acid groups (broad SMARTS) is 1. The predicted octanol–water partition coefficient (Wildman–Crippen LogP) is 1.26. The maximum Gasteiger partial charge on any atom is 0.306 e. The van der Waals surface area contributed by atoms with E-state index >= 15 is 0 Å². The van der Waals surface area contributed by atoms with Crippen molar-refractivity contribution in [3.8, 4) is 0 Å². The molecule has 0 radical (unpaired) electrons. The Bertz CT molecular complexity index is 425. The number of aryl methyl sites for hydroxylation is 1. The van der Waals surface area contributed by atoms with E-state index < -0.39 is 11.6 Å². The van der Waals surface area contributed by atoms with Crippen LogP contribution in [0.1, 0.15) is 38.5 Å². The van der Waals surface area contributed by atoms with Crippen molar-refractivity contribution < 1.29 is 15.0 Å². The van der Waals surface area contributed by atoms with Crippen LogP contribution in [0.4, 0.5) is 0 Å². The molecule has 0 saturated heterocycles. The highest BCUT2D eigenvalue weighted by Crippen LogP contribution is 2.31. The van der Waals surface area contributed by atoms with Gasteiger partial charge in [-0.1, -0.05) is 0 Å². The van der Waals surface area contributed by atoms with Crippen LogP contribution < -0.4 is 5.32 Å². The van der Waals surface area contributed by atoms with Crippen molar-refractivity contribution in [2.45, 2.75) is 50.7 Å². The minimum absolute atomic E-state index is 0.277. The summed E-state index contributed by atoms with van der Waals surface area (Å²) >= 11 is 0. The Morgan fingerprint density at radius 3 is 2.76 bits per heavy atom. The van der Waals surface area contributed by atoms with E-state index in [0.717, 1.165) is 25.9 Å². The number of aromatic nitrogens is 2. The van der Waals surface area contributed by atoms with Gasteiger partial charge in [0, 0.05) is 25.5 Å². The molecule has 1 aromatic heterocycles. The normalized spacial score (nSPS) is 25.9. The minimum Gasteiger partial charge on any atom is -0.481 e. The van der Waals surface area contributed by atoms with Gasteiger partial charge in [0.2, 0.25) is 0 Å². The minimum atomic E-state index is -0.732. The quantitative estimate of drug-likeness (QED) is 0.628. The molecule has 21 heavy (non-hydrogen) atoms. The second-order valence-corrected chi connectivity index (χ2v) is 6.02. The van der Waals surface area contributed by atoms with Crippen molar-refractivity contribution >= 4 is 5.97 Å². The van der Waals surface area contributed by atoms with E-state index in [-0.39, 0.29) is 5.92 Å². The van der Waals surface area contributed by atoms with Gasteiger partial charge in [0.1, 0.15) is 0 Å². The standard InChI is InChI=1S/C15H25N3O3/c19-14(20)13-3-5-15(21,6-4-13)11-16-7-1-2-9-18-10-8-17-12-18/h8,10,12-13,16,21H,1-7,9,11H2,(H,19,20). The monoisotopic (exact) mass is 295 g/mol. The Kier molecular flexibility index (Phi) is 5.76. The molecular formula is C15H25N3O3. The Labute approximate surface area is 125 Å². The fraction of sp³-hybridized carbons (Fsp3) is 0.733. The Morgan fingerprint density at radius 2 is 2.14 bits per heavy atom. The number of hydrogen-bond donors (Lipinski definition) is 3. The van der Waals surface area contributed by atoms with Gasteiger partial charge in [-0.25, -0.2) is 4.98 Å². The summed E-state index contributed by atoms with van der Waals surface area (Å²) in [6.45, 7) is 2.40. The van der Waals surface area contributed by atoms with E-state index in [1.807, 2.05) is 12.5 Å². The highest BCUT2D eigenvalue weighted by Gasteiger charge is 2.35. The zero-order chi connectivity index (χ0) is 15.1. The third-order valence-electron chi connectivity index (χ3n) is 4.30. The lowest BCUT2D eigenvalue weighted by molar-refractivity contribution is -0.144. The molecule has 118 valence electrons. The van der Waals surface area contributed by atoms with Crippen LogP contribution in [-0.2, 0) is 11.3 Å². The van der Waals surface area contributed by atoms with Crippen molar-refractivity contribution in [3.05, 3.63) is 18.7 Å². The number of aliphatic hydroxyl groups is 1. The summed E-state index contributed by atoms with van der Waals surface area (Å²) in [5, 5.41) is 22.7. The molecule has 1 fully saturated rings. The molecule has 3 N–H and O–H groups in total. The van der Waals surface area contributed by atoms with Gasteiger partial charge in [0.05, 0.1) is 17.8 Å². The zero-order valence-electron chi connectivity index (χ0n) is 12.4. The molecule has 0 bridgehead atoms. The molecule has 2 rings (SSSR count). The molecule has 1 aromatic rings. The first-order valence-electron chi connectivity index (χ1n) is 7.71. The van der Waals surface area contributed by atoms with Crippen molar-refractivity contribution in [1.82, 2.24) is 14.9 Å². The van der Waals surface area contributed by atoms with Crippen molar-refractivity contribution in [3.63, 3.8) is 0 Å². The van der Waals surface area contributed by atoms with E-state index in [0.29, 0.717) is 32.2 Å². The third-order valence-corrected chi connectivity index (χ3v) is 4.30. The summed E-state index contributed by atoms with van der Waals surface area (Å²) in [4.78, 5) is 14.9. The van der Waals surface area contributed by atoms with E-state index in [4.69, 9.17) is 5.11 Å². The first kappa shape index (κ1) is 16.0. The number of nitrogens with one attached hydrogen (secondary N) is 1. The summed E-state index contributed by atoms with van der Waals surface area (Å²) < 4.78 is 2.06. The van der Waals surface area contributed by atoms with Crippen molar-refractivity contribution in [2.75, 3.05) is 13.1 Å². The number of carboxylic acids is 1. The summed E-state index contributed by atoms with van der Waals surface area (Å²) in [5.41, 5.74) is -0.726. The molecule has 1 saturated carbocycles. The predicted molar refractivity (Wildman–Crippen MR) is 78.9 cm³/mol. The Morgan fingerprint density at radius 1 is 1.38 bits per heavy atom. The zero-order valence-corrected chi connectivity index (χ0v) is 12.4. The number of nitrogens with zero attached hydrogens (tertiary/aromatic N) is 2. The van der Waals surface area contributed by atoms with Gasteiger partial charge in [0.15, 0.2) is 0 Å². The van der Waals surface area contributed by atoms with Crippen LogP contribution in [0.3, 0.4) is 0 Å². The SMILES string of the molecule is O=C(O)C1CCC(O)(CNCCCCn2ccnc2)CC1. The molecule has 0 aromatic carbocycles. The van der Waals surface area contributed by atoms with Crippen LogP contribution in [0, 0.1) is 5.92 Å². The second-order valence-electron chi connectivity index (χ2n) is 6.02. The van der Waals surface area contributed by atoms with Crippen LogP contribution >= 0.6 is 0 Å². The molecule has 0 amide bonds. The fourth-order valence-electron chi connectivity index (χ4n) is 2.86.